The van der Waals surface area contributed by atoms with E-state index in [-0.39, 0.29) is 17.4 Å². The maximum Gasteiger partial charge on any atom is 0.225 e. The summed E-state index contributed by atoms with van der Waals surface area (Å²) >= 11 is 3.48. The molecule has 0 aliphatic heterocycles. The summed E-state index contributed by atoms with van der Waals surface area (Å²) in [5, 5.41) is 3.03. The van der Waals surface area contributed by atoms with Gasteiger partial charge in [0.05, 0.1) is 0 Å². The Labute approximate surface area is 96.0 Å². The third-order valence-electron chi connectivity index (χ3n) is 2.55. The van der Waals surface area contributed by atoms with Crippen LogP contribution in [0.4, 0.5) is 0 Å². The lowest BCUT2D eigenvalue weighted by molar-refractivity contribution is -0.130. The fourth-order valence-electron chi connectivity index (χ4n) is 1.13. The Morgan fingerprint density at radius 2 is 1.93 bits per heavy atom. The van der Waals surface area contributed by atoms with Gasteiger partial charge in [-0.25, -0.2) is 0 Å². The van der Waals surface area contributed by atoms with Crippen molar-refractivity contribution in [3.05, 3.63) is 0 Å². The van der Waals surface area contributed by atoms with Crippen LogP contribution in [-0.2, 0) is 4.79 Å². The molecule has 0 aromatic rings. The van der Waals surface area contributed by atoms with E-state index in [2.05, 4.69) is 28.2 Å². The average Bonchev–Trinajstić information content (AvgIpc) is 2.02. The molecule has 1 amide bonds. The molecule has 1 N–H and O–H groups in total. The van der Waals surface area contributed by atoms with E-state index in [0.717, 1.165) is 12.8 Å². The number of hydrogen-bond acceptors (Lipinski definition) is 1. The zero-order valence-corrected chi connectivity index (χ0v) is 11.4. The van der Waals surface area contributed by atoms with E-state index in [1.54, 1.807) is 0 Å². The number of rotatable bonds is 5. The van der Waals surface area contributed by atoms with E-state index in [4.69, 9.17) is 0 Å². The molecule has 2 atom stereocenters. The first-order valence-electron chi connectivity index (χ1n) is 5.24. The molecule has 84 valence electrons. The maximum absolute atomic E-state index is 11.8. The minimum absolute atomic E-state index is 0.153. The van der Waals surface area contributed by atoms with Gasteiger partial charge in [0.15, 0.2) is 0 Å². The third-order valence-corrected chi connectivity index (χ3v) is 2.93. The molecule has 0 aliphatic rings. The number of carbonyl (C=O) groups is 1. The molecule has 0 bridgehead atoms. The van der Waals surface area contributed by atoms with Crippen molar-refractivity contribution >= 4 is 21.8 Å². The number of amides is 1. The van der Waals surface area contributed by atoms with Crippen molar-refractivity contribution in [2.45, 2.75) is 58.3 Å². The van der Waals surface area contributed by atoms with Crippen LogP contribution in [0, 0.1) is 5.41 Å². The lowest BCUT2D eigenvalue weighted by atomic mass is 9.89. The summed E-state index contributed by atoms with van der Waals surface area (Å²) in [6.07, 6.45) is 1.83. The fraction of sp³-hybridized carbons (Fsp3) is 0.909. The molecule has 0 saturated carbocycles. The van der Waals surface area contributed by atoms with Gasteiger partial charge >= 0.3 is 0 Å². The van der Waals surface area contributed by atoms with Crippen molar-refractivity contribution < 1.29 is 4.79 Å². The van der Waals surface area contributed by atoms with Gasteiger partial charge in [-0.3, -0.25) is 4.79 Å². The maximum atomic E-state index is 11.8. The van der Waals surface area contributed by atoms with Crippen LogP contribution in [0.15, 0.2) is 0 Å². The second-order valence-electron chi connectivity index (χ2n) is 4.63. The lowest BCUT2D eigenvalue weighted by Crippen LogP contribution is -2.42. The SMILES string of the molecule is CCC(C)(C)C(=O)NC(C)CC(C)Br. The molecule has 0 heterocycles. The minimum atomic E-state index is -0.246. The predicted octanol–water partition coefficient (Wildman–Crippen LogP) is 3.10. The zero-order valence-electron chi connectivity index (χ0n) is 9.86. The second-order valence-corrected chi connectivity index (χ2v) is 6.19. The van der Waals surface area contributed by atoms with E-state index in [1.807, 2.05) is 27.7 Å². The molecule has 0 fully saturated rings. The van der Waals surface area contributed by atoms with Crippen LogP contribution in [0.3, 0.4) is 0 Å². The standard InChI is InChI=1S/C11H22BrNO/c1-6-11(4,5)10(14)13-9(3)7-8(2)12/h8-9H,6-7H2,1-5H3,(H,13,14). The lowest BCUT2D eigenvalue weighted by Gasteiger charge is -2.25. The molecular formula is C11H22BrNO. The molecule has 0 aliphatic carbocycles. The van der Waals surface area contributed by atoms with E-state index < -0.39 is 0 Å². The normalized spacial score (nSPS) is 16.1. The van der Waals surface area contributed by atoms with Gasteiger partial charge in [-0.1, -0.05) is 43.6 Å². The topological polar surface area (TPSA) is 29.1 Å². The summed E-state index contributed by atoms with van der Waals surface area (Å²) in [6, 6.07) is 0.239. The highest BCUT2D eigenvalue weighted by Crippen LogP contribution is 2.20. The van der Waals surface area contributed by atoms with Crippen LogP contribution in [0.5, 0.6) is 0 Å². The van der Waals surface area contributed by atoms with Crippen molar-refractivity contribution in [3.63, 3.8) is 0 Å². The molecule has 2 nitrogen and oxygen atoms in total. The van der Waals surface area contributed by atoms with Gasteiger partial charge in [-0.15, -0.1) is 0 Å². The highest BCUT2D eigenvalue weighted by molar-refractivity contribution is 9.09. The Morgan fingerprint density at radius 3 is 2.29 bits per heavy atom. The number of hydrogen-bond donors (Lipinski definition) is 1. The Kier molecular flexibility index (Phi) is 5.72. The van der Waals surface area contributed by atoms with E-state index >= 15 is 0 Å². The predicted molar refractivity (Wildman–Crippen MR) is 64.7 cm³/mol. The van der Waals surface area contributed by atoms with Crippen LogP contribution in [0.25, 0.3) is 0 Å². The molecule has 14 heavy (non-hydrogen) atoms. The van der Waals surface area contributed by atoms with Gasteiger partial charge in [0.2, 0.25) is 5.91 Å². The van der Waals surface area contributed by atoms with Crippen LogP contribution in [0.1, 0.15) is 47.5 Å². The fourth-order valence-corrected chi connectivity index (χ4v) is 1.69. The van der Waals surface area contributed by atoms with Crippen LogP contribution in [-0.4, -0.2) is 16.8 Å². The van der Waals surface area contributed by atoms with Crippen molar-refractivity contribution in [1.82, 2.24) is 5.32 Å². The molecule has 0 aromatic heterocycles. The quantitative estimate of drug-likeness (QED) is 0.759. The largest absolute Gasteiger partial charge is 0.353 e. The van der Waals surface area contributed by atoms with E-state index in [9.17, 15) is 4.79 Å². The molecular weight excluding hydrogens is 242 g/mol. The summed E-state index contributed by atoms with van der Waals surface area (Å²) in [5.74, 6) is 0.153. The Balaban J connectivity index is 4.06. The highest BCUT2D eigenvalue weighted by Gasteiger charge is 2.26. The first kappa shape index (κ1) is 13.9. The van der Waals surface area contributed by atoms with Crippen molar-refractivity contribution in [2.75, 3.05) is 0 Å². The van der Waals surface area contributed by atoms with Crippen LogP contribution < -0.4 is 5.32 Å². The van der Waals surface area contributed by atoms with Crippen molar-refractivity contribution in [2.24, 2.45) is 5.41 Å². The minimum Gasteiger partial charge on any atom is -0.353 e. The van der Waals surface area contributed by atoms with E-state index in [0.29, 0.717) is 4.83 Å². The second kappa shape index (κ2) is 5.74. The summed E-state index contributed by atoms with van der Waals surface area (Å²) in [7, 11) is 0. The number of alkyl halides is 1. The third kappa shape index (κ3) is 4.99. The van der Waals surface area contributed by atoms with Gasteiger partial charge in [0.25, 0.3) is 0 Å². The Bertz CT molecular complexity index is 190. The van der Waals surface area contributed by atoms with Gasteiger partial charge in [-0.2, -0.15) is 0 Å². The first-order valence-corrected chi connectivity index (χ1v) is 6.16. The molecule has 0 radical (unpaired) electrons. The summed E-state index contributed by atoms with van der Waals surface area (Å²) in [6.45, 7) is 10.1. The highest BCUT2D eigenvalue weighted by atomic mass is 79.9. The Morgan fingerprint density at radius 1 is 1.43 bits per heavy atom. The van der Waals surface area contributed by atoms with Gasteiger partial charge in [0.1, 0.15) is 0 Å². The van der Waals surface area contributed by atoms with E-state index in [1.165, 1.54) is 0 Å². The molecule has 3 heteroatoms. The smallest absolute Gasteiger partial charge is 0.225 e. The zero-order chi connectivity index (χ0) is 11.4. The van der Waals surface area contributed by atoms with Crippen molar-refractivity contribution in [3.8, 4) is 0 Å². The summed E-state index contributed by atoms with van der Waals surface area (Å²) < 4.78 is 0. The molecule has 0 spiro atoms. The molecule has 0 saturated heterocycles. The van der Waals surface area contributed by atoms with Crippen molar-refractivity contribution in [1.29, 1.82) is 0 Å². The van der Waals surface area contributed by atoms with Gasteiger partial charge in [-0.05, 0) is 19.8 Å². The van der Waals surface area contributed by atoms with Crippen LogP contribution >= 0.6 is 15.9 Å². The monoisotopic (exact) mass is 263 g/mol. The molecule has 0 aromatic carbocycles. The summed E-state index contributed by atoms with van der Waals surface area (Å²) in [4.78, 5) is 12.2. The number of carbonyl (C=O) groups excluding carboxylic acids is 1. The van der Waals surface area contributed by atoms with Gasteiger partial charge < -0.3 is 5.32 Å². The first-order chi connectivity index (χ1) is 6.29. The number of nitrogens with one attached hydrogen (secondary N) is 1. The van der Waals surface area contributed by atoms with Crippen LogP contribution in [0.2, 0.25) is 0 Å². The average molecular weight is 264 g/mol. The number of halogens is 1. The Hall–Kier alpha value is -0.0500. The van der Waals surface area contributed by atoms with Gasteiger partial charge in [0, 0.05) is 16.3 Å². The molecule has 0 rings (SSSR count). The summed E-state index contributed by atoms with van der Waals surface area (Å²) in [5.41, 5.74) is -0.246. The molecule has 2 unspecified atom stereocenters.